The Morgan fingerprint density at radius 1 is 1.24 bits per heavy atom. The second-order valence-electron chi connectivity index (χ2n) is 4.81. The Morgan fingerprint density at radius 3 is 2.62 bits per heavy atom. The minimum Gasteiger partial charge on any atom is -0.478 e. The molecule has 0 fully saturated rings. The van der Waals surface area contributed by atoms with E-state index >= 15 is 0 Å². The number of benzene rings is 1. The Hall–Kier alpha value is -2.02. The normalized spacial score (nSPS) is 13.0. The zero-order valence-corrected chi connectivity index (χ0v) is 12.2. The van der Waals surface area contributed by atoms with Crippen LogP contribution in [0.25, 0.3) is 0 Å². The number of nitrogens with two attached hydrogens (primary N) is 1. The molecular formula is C14H16N2O4S. The number of amides is 2. The van der Waals surface area contributed by atoms with Crippen molar-refractivity contribution in [3.05, 3.63) is 34.9 Å². The van der Waals surface area contributed by atoms with Crippen LogP contribution in [0.1, 0.15) is 27.9 Å². The monoisotopic (exact) mass is 308 g/mol. The number of aromatic carboxylic acids is 1. The first-order valence-corrected chi connectivity index (χ1v) is 7.62. The Bertz CT molecular complexity index is 588. The summed E-state index contributed by atoms with van der Waals surface area (Å²) in [5.74, 6) is -0.586. The number of carboxylic acids is 1. The first kappa shape index (κ1) is 15.4. The lowest BCUT2D eigenvalue weighted by Gasteiger charge is -2.14. The van der Waals surface area contributed by atoms with E-state index in [1.165, 1.54) is 11.8 Å². The summed E-state index contributed by atoms with van der Waals surface area (Å²) in [5.41, 5.74) is 7.13. The van der Waals surface area contributed by atoms with Crippen molar-refractivity contribution in [2.24, 2.45) is 5.73 Å². The van der Waals surface area contributed by atoms with Gasteiger partial charge < -0.3 is 15.7 Å². The first-order valence-electron chi connectivity index (χ1n) is 6.46. The van der Waals surface area contributed by atoms with Gasteiger partial charge in [0.1, 0.15) is 0 Å². The lowest BCUT2D eigenvalue weighted by Crippen LogP contribution is -2.25. The zero-order valence-electron chi connectivity index (χ0n) is 11.4. The molecule has 0 aliphatic carbocycles. The van der Waals surface area contributed by atoms with E-state index in [0.29, 0.717) is 25.3 Å². The summed E-state index contributed by atoms with van der Waals surface area (Å²) >= 11 is 1.34. The van der Waals surface area contributed by atoms with Gasteiger partial charge in [0.05, 0.1) is 11.3 Å². The van der Waals surface area contributed by atoms with E-state index in [2.05, 4.69) is 0 Å². The standard InChI is InChI=1S/C14H16N2O4S/c15-12(17)8-21-4-3-13(18)16-6-10-2-1-9(14(19)20)5-11(10)7-16/h1-2,5H,3-4,6-8H2,(H2,15,17)(H,19,20). The van der Waals surface area contributed by atoms with Gasteiger partial charge in [0.15, 0.2) is 0 Å². The van der Waals surface area contributed by atoms with Crippen molar-refractivity contribution < 1.29 is 19.5 Å². The average molecular weight is 308 g/mol. The summed E-state index contributed by atoms with van der Waals surface area (Å²) in [7, 11) is 0. The molecule has 7 heteroatoms. The molecule has 0 spiro atoms. The van der Waals surface area contributed by atoms with Crippen LogP contribution < -0.4 is 5.73 Å². The van der Waals surface area contributed by atoms with Crippen LogP contribution in [0.15, 0.2) is 18.2 Å². The van der Waals surface area contributed by atoms with Crippen LogP contribution in [0.3, 0.4) is 0 Å². The minimum atomic E-state index is -0.967. The molecule has 3 N–H and O–H groups in total. The molecule has 0 bridgehead atoms. The van der Waals surface area contributed by atoms with Gasteiger partial charge in [-0.15, -0.1) is 0 Å². The van der Waals surface area contributed by atoms with E-state index < -0.39 is 5.97 Å². The number of carbonyl (C=O) groups excluding carboxylic acids is 2. The number of hydrogen-bond donors (Lipinski definition) is 2. The summed E-state index contributed by atoms with van der Waals surface area (Å²) in [6, 6.07) is 4.93. The number of carboxylic acid groups (broad SMARTS) is 1. The number of thioether (sulfide) groups is 1. The van der Waals surface area contributed by atoms with Crippen LogP contribution in [0.5, 0.6) is 0 Å². The van der Waals surface area contributed by atoms with Crippen molar-refractivity contribution in [1.82, 2.24) is 4.90 Å². The Kier molecular flexibility index (Phi) is 4.85. The molecule has 21 heavy (non-hydrogen) atoms. The number of primary amides is 1. The van der Waals surface area contributed by atoms with E-state index in [4.69, 9.17) is 10.8 Å². The fraction of sp³-hybridized carbons (Fsp3) is 0.357. The van der Waals surface area contributed by atoms with Crippen LogP contribution in [0.2, 0.25) is 0 Å². The highest BCUT2D eigenvalue weighted by molar-refractivity contribution is 7.99. The lowest BCUT2D eigenvalue weighted by molar-refractivity contribution is -0.131. The molecule has 6 nitrogen and oxygen atoms in total. The van der Waals surface area contributed by atoms with Crippen LogP contribution >= 0.6 is 11.8 Å². The molecule has 1 aromatic carbocycles. The van der Waals surface area contributed by atoms with Gasteiger partial charge in [-0.3, -0.25) is 9.59 Å². The molecule has 2 amide bonds. The number of fused-ring (bicyclic) bond motifs is 1. The highest BCUT2D eigenvalue weighted by atomic mass is 32.2. The van der Waals surface area contributed by atoms with Gasteiger partial charge in [-0.2, -0.15) is 11.8 Å². The summed E-state index contributed by atoms with van der Waals surface area (Å²) in [6.07, 6.45) is 0.345. The van der Waals surface area contributed by atoms with E-state index in [0.717, 1.165) is 11.1 Å². The molecule has 0 saturated heterocycles. The molecule has 0 atom stereocenters. The maximum absolute atomic E-state index is 12.1. The third-order valence-electron chi connectivity index (χ3n) is 3.23. The first-order chi connectivity index (χ1) is 9.97. The molecule has 2 rings (SSSR count). The molecule has 0 unspecified atom stereocenters. The van der Waals surface area contributed by atoms with Crippen molar-refractivity contribution >= 4 is 29.5 Å². The molecule has 1 aliphatic rings. The summed E-state index contributed by atoms with van der Waals surface area (Å²) < 4.78 is 0. The molecule has 0 saturated carbocycles. The third kappa shape index (κ3) is 3.98. The lowest BCUT2D eigenvalue weighted by atomic mass is 10.1. The summed E-state index contributed by atoms with van der Waals surface area (Å²) in [5, 5.41) is 8.96. The Labute approximate surface area is 126 Å². The predicted octanol–water partition coefficient (Wildman–Crippen LogP) is 0.836. The predicted molar refractivity (Wildman–Crippen MR) is 78.8 cm³/mol. The Morgan fingerprint density at radius 2 is 1.95 bits per heavy atom. The van der Waals surface area contributed by atoms with Crippen molar-refractivity contribution in [3.63, 3.8) is 0 Å². The quantitative estimate of drug-likeness (QED) is 0.758. The SMILES string of the molecule is NC(=O)CSCCC(=O)N1Cc2ccc(C(=O)O)cc2C1. The largest absolute Gasteiger partial charge is 0.478 e. The van der Waals surface area contributed by atoms with E-state index in [9.17, 15) is 14.4 Å². The van der Waals surface area contributed by atoms with Crippen molar-refractivity contribution in [2.75, 3.05) is 11.5 Å². The van der Waals surface area contributed by atoms with Crippen LogP contribution in [-0.4, -0.2) is 39.3 Å². The van der Waals surface area contributed by atoms with E-state index in [1.54, 1.807) is 23.1 Å². The highest BCUT2D eigenvalue weighted by Gasteiger charge is 2.23. The van der Waals surface area contributed by atoms with Gasteiger partial charge >= 0.3 is 5.97 Å². The Balaban J connectivity index is 1.88. The van der Waals surface area contributed by atoms with Crippen molar-refractivity contribution in [3.8, 4) is 0 Å². The van der Waals surface area contributed by atoms with Gasteiger partial charge in [-0.25, -0.2) is 4.79 Å². The summed E-state index contributed by atoms with van der Waals surface area (Å²) in [6.45, 7) is 0.949. The molecule has 112 valence electrons. The van der Waals surface area contributed by atoms with Gasteiger partial charge in [0, 0.05) is 25.3 Å². The van der Waals surface area contributed by atoms with Crippen LogP contribution in [0, 0.1) is 0 Å². The maximum Gasteiger partial charge on any atom is 0.335 e. The second kappa shape index (κ2) is 6.62. The van der Waals surface area contributed by atoms with Gasteiger partial charge in [-0.05, 0) is 23.3 Å². The molecule has 1 aliphatic heterocycles. The maximum atomic E-state index is 12.1. The fourth-order valence-corrected chi connectivity index (χ4v) is 2.86. The molecule has 0 radical (unpaired) electrons. The van der Waals surface area contributed by atoms with Gasteiger partial charge in [-0.1, -0.05) is 6.07 Å². The average Bonchev–Trinajstić information content (AvgIpc) is 2.85. The molecule has 1 heterocycles. The number of rotatable bonds is 6. The molecular weight excluding hydrogens is 292 g/mol. The van der Waals surface area contributed by atoms with Gasteiger partial charge in [0.25, 0.3) is 0 Å². The highest BCUT2D eigenvalue weighted by Crippen LogP contribution is 2.24. The van der Waals surface area contributed by atoms with Gasteiger partial charge in [0.2, 0.25) is 11.8 Å². The second-order valence-corrected chi connectivity index (χ2v) is 5.91. The topological polar surface area (TPSA) is 101 Å². The fourth-order valence-electron chi connectivity index (χ4n) is 2.19. The number of carbonyl (C=O) groups is 3. The summed E-state index contributed by atoms with van der Waals surface area (Å²) in [4.78, 5) is 35.3. The van der Waals surface area contributed by atoms with E-state index in [1.807, 2.05) is 0 Å². The third-order valence-corrected chi connectivity index (χ3v) is 4.21. The van der Waals surface area contributed by atoms with E-state index in [-0.39, 0.29) is 23.1 Å². The zero-order chi connectivity index (χ0) is 15.4. The van der Waals surface area contributed by atoms with Crippen LogP contribution in [-0.2, 0) is 22.7 Å². The molecule has 1 aromatic rings. The van der Waals surface area contributed by atoms with Crippen LogP contribution in [0.4, 0.5) is 0 Å². The van der Waals surface area contributed by atoms with Crippen molar-refractivity contribution in [1.29, 1.82) is 0 Å². The smallest absolute Gasteiger partial charge is 0.335 e. The minimum absolute atomic E-state index is 0.0000420. The van der Waals surface area contributed by atoms with Crippen molar-refractivity contribution in [2.45, 2.75) is 19.5 Å². The number of nitrogens with zero attached hydrogens (tertiary/aromatic N) is 1. The molecule has 0 aromatic heterocycles. The number of hydrogen-bond acceptors (Lipinski definition) is 4.